The zero-order valence-corrected chi connectivity index (χ0v) is 22.8. The molecule has 4 aliphatic rings. The number of rotatable bonds is 7. The molecule has 0 aromatic heterocycles. The van der Waals surface area contributed by atoms with E-state index in [9.17, 15) is 24.9 Å². The molecule has 0 unspecified atom stereocenters. The second kappa shape index (κ2) is 10.9. The van der Waals surface area contributed by atoms with E-state index in [1.165, 1.54) is 0 Å². The molecule has 7 heteroatoms. The molecule has 4 rings (SSSR count). The van der Waals surface area contributed by atoms with Gasteiger partial charge >= 0.3 is 0 Å². The van der Waals surface area contributed by atoms with Gasteiger partial charge in [0.05, 0.1) is 18.3 Å². The fraction of sp³-hybridized carbons (Fsp3) is 0.931. The lowest BCUT2D eigenvalue weighted by Gasteiger charge is -2.63. The lowest BCUT2D eigenvalue weighted by atomic mass is 9.43. The number of hydrogen-bond donors (Lipinski definition) is 5. The van der Waals surface area contributed by atoms with Gasteiger partial charge in [-0.2, -0.15) is 0 Å². The van der Waals surface area contributed by atoms with Crippen molar-refractivity contribution in [3.63, 3.8) is 0 Å². The SMILES string of the molecule is CCCCC(=O)NNC(=O)CC[C@@H](C)[C@H]1CC[C@H]2[C@@H]3[C@H](O)C[C@@H]4C[C@H](O)CC[C@]4(C)[C@H]3C[C@H](O)[C@]12C. The minimum Gasteiger partial charge on any atom is -0.393 e. The molecule has 0 aromatic rings. The van der Waals surface area contributed by atoms with Crippen LogP contribution >= 0.6 is 0 Å². The van der Waals surface area contributed by atoms with E-state index in [0.717, 1.165) is 57.8 Å². The van der Waals surface area contributed by atoms with Crippen molar-refractivity contribution < 1.29 is 24.9 Å². The minimum absolute atomic E-state index is 0.0782. The molecule has 0 aromatic carbocycles. The molecular formula is C29H50N2O5. The van der Waals surface area contributed by atoms with Crippen LogP contribution < -0.4 is 10.9 Å². The van der Waals surface area contributed by atoms with Crippen LogP contribution in [0.3, 0.4) is 0 Å². The highest BCUT2D eigenvalue weighted by molar-refractivity contribution is 5.81. The number of fused-ring (bicyclic) bond motifs is 5. The summed E-state index contributed by atoms with van der Waals surface area (Å²) >= 11 is 0. The number of carbonyl (C=O) groups is 2. The van der Waals surface area contributed by atoms with Crippen molar-refractivity contribution in [2.75, 3.05) is 0 Å². The van der Waals surface area contributed by atoms with Crippen LogP contribution in [0.5, 0.6) is 0 Å². The first kappa shape index (κ1) is 27.8. The predicted octanol–water partition coefficient (Wildman–Crippen LogP) is 3.70. The predicted molar refractivity (Wildman–Crippen MR) is 138 cm³/mol. The highest BCUT2D eigenvalue weighted by Crippen LogP contribution is 2.68. The van der Waals surface area contributed by atoms with E-state index < -0.39 is 6.10 Å². The minimum atomic E-state index is -0.417. The molecule has 0 heterocycles. The average molecular weight is 507 g/mol. The van der Waals surface area contributed by atoms with Gasteiger partial charge in [-0.1, -0.05) is 34.1 Å². The molecule has 0 spiro atoms. The van der Waals surface area contributed by atoms with Crippen LogP contribution in [0.25, 0.3) is 0 Å². The van der Waals surface area contributed by atoms with Gasteiger partial charge in [-0.3, -0.25) is 20.4 Å². The summed E-state index contributed by atoms with van der Waals surface area (Å²) in [7, 11) is 0. The molecule has 11 atom stereocenters. The number of carbonyl (C=O) groups excluding carboxylic acids is 2. The van der Waals surface area contributed by atoms with Crippen molar-refractivity contribution in [1.82, 2.24) is 10.9 Å². The molecule has 4 saturated carbocycles. The quantitative estimate of drug-likeness (QED) is 0.337. The number of aliphatic hydroxyl groups excluding tert-OH is 3. The maximum atomic E-state index is 12.4. The topological polar surface area (TPSA) is 119 Å². The van der Waals surface area contributed by atoms with Crippen molar-refractivity contribution in [3.8, 4) is 0 Å². The largest absolute Gasteiger partial charge is 0.393 e. The van der Waals surface area contributed by atoms with Gasteiger partial charge in [-0.05, 0) is 104 Å². The Labute approximate surface area is 217 Å². The third kappa shape index (κ3) is 4.96. The number of hydrazine groups is 1. The van der Waals surface area contributed by atoms with E-state index >= 15 is 0 Å². The van der Waals surface area contributed by atoms with Crippen LogP contribution in [0.4, 0.5) is 0 Å². The molecule has 36 heavy (non-hydrogen) atoms. The summed E-state index contributed by atoms with van der Waals surface area (Å²) in [5.41, 5.74) is 4.88. The van der Waals surface area contributed by atoms with Crippen molar-refractivity contribution >= 4 is 11.8 Å². The Hall–Kier alpha value is -1.18. The van der Waals surface area contributed by atoms with Gasteiger partial charge in [-0.25, -0.2) is 0 Å². The van der Waals surface area contributed by atoms with Crippen LogP contribution in [-0.2, 0) is 9.59 Å². The van der Waals surface area contributed by atoms with Gasteiger partial charge < -0.3 is 15.3 Å². The van der Waals surface area contributed by atoms with E-state index in [-0.39, 0.29) is 52.6 Å². The summed E-state index contributed by atoms with van der Waals surface area (Å²) < 4.78 is 0. The van der Waals surface area contributed by atoms with Crippen molar-refractivity contribution in [1.29, 1.82) is 0 Å². The lowest BCUT2D eigenvalue weighted by Crippen LogP contribution is -2.62. The first-order valence-corrected chi connectivity index (χ1v) is 14.6. The Morgan fingerprint density at radius 1 is 0.944 bits per heavy atom. The first-order chi connectivity index (χ1) is 17.0. The molecular weight excluding hydrogens is 456 g/mol. The van der Waals surface area contributed by atoms with Crippen molar-refractivity contribution in [3.05, 3.63) is 0 Å². The third-order valence-corrected chi connectivity index (χ3v) is 11.4. The maximum Gasteiger partial charge on any atom is 0.238 e. The Morgan fingerprint density at radius 2 is 1.64 bits per heavy atom. The Morgan fingerprint density at radius 3 is 2.33 bits per heavy atom. The van der Waals surface area contributed by atoms with Crippen LogP contribution in [-0.4, -0.2) is 45.4 Å². The summed E-state index contributed by atoms with van der Waals surface area (Å²) in [6.45, 7) is 8.82. The van der Waals surface area contributed by atoms with Crippen LogP contribution in [0, 0.1) is 46.3 Å². The molecule has 0 saturated heterocycles. The van der Waals surface area contributed by atoms with Crippen LogP contribution in [0.1, 0.15) is 105 Å². The molecule has 2 amide bonds. The van der Waals surface area contributed by atoms with Gasteiger partial charge in [0.1, 0.15) is 0 Å². The zero-order valence-electron chi connectivity index (χ0n) is 22.8. The van der Waals surface area contributed by atoms with Crippen molar-refractivity contribution in [2.45, 2.75) is 123 Å². The third-order valence-electron chi connectivity index (χ3n) is 11.4. The van der Waals surface area contributed by atoms with Gasteiger partial charge in [0.25, 0.3) is 0 Å². The number of nitrogens with one attached hydrogen (secondary N) is 2. The van der Waals surface area contributed by atoms with E-state index in [4.69, 9.17) is 0 Å². The van der Waals surface area contributed by atoms with Crippen LogP contribution in [0.15, 0.2) is 0 Å². The van der Waals surface area contributed by atoms with Crippen LogP contribution in [0.2, 0.25) is 0 Å². The normalized spacial score (nSPS) is 44.6. The molecule has 5 N–H and O–H groups in total. The zero-order chi connectivity index (χ0) is 26.3. The summed E-state index contributed by atoms with van der Waals surface area (Å²) in [6, 6.07) is 0. The van der Waals surface area contributed by atoms with Gasteiger partial charge in [0.2, 0.25) is 11.8 Å². The standard InChI is InChI=1S/C29H50N2O5/c1-5-6-7-25(35)30-31-26(36)11-8-17(2)20-9-10-21-27-22(16-24(34)29(20,21)4)28(3)13-12-19(32)14-18(28)15-23(27)33/h17-24,27,32-34H,5-16H2,1-4H3,(H,30,35)(H,31,36)/t17-,18+,19-,20-,21+,22+,23-,24+,27+,28+,29-/m1/s1. The summed E-state index contributed by atoms with van der Waals surface area (Å²) in [4.78, 5) is 24.1. The Kier molecular flexibility index (Phi) is 8.43. The lowest BCUT2D eigenvalue weighted by molar-refractivity contribution is -0.207. The molecule has 4 fully saturated rings. The highest BCUT2D eigenvalue weighted by Gasteiger charge is 2.65. The summed E-state index contributed by atoms with van der Waals surface area (Å²) in [5.74, 6) is 1.35. The van der Waals surface area contributed by atoms with Gasteiger partial charge in [-0.15, -0.1) is 0 Å². The number of amides is 2. The highest BCUT2D eigenvalue weighted by atomic mass is 16.3. The smallest absolute Gasteiger partial charge is 0.238 e. The Balaban J connectivity index is 1.40. The van der Waals surface area contributed by atoms with E-state index in [1.54, 1.807) is 0 Å². The summed E-state index contributed by atoms with van der Waals surface area (Å²) in [6.07, 6.45) is 8.28. The first-order valence-electron chi connectivity index (χ1n) is 14.6. The molecule has 7 nitrogen and oxygen atoms in total. The fourth-order valence-corrected chi connectivity index (χ4v) is 9.29. The summed E-state index contributed by atoms with van der Waals surface area (Å²) in [5, 5.41) is 33.4. The van der Waals surface area contributed by atoms with E-state index in [0.29, 0.717) is 37.0 Å². The number of unbranched alkanes of at least 4 members (excludes halogenated alkanes) is 1. The monoisotopic (exact) mass is 506 g/mol. The molecule has 0 radical (unpaired) electrons. The average Bonchev–Trinajstić information content (AvgIpc) is 3.20. The maximum absolute atomic E-state index is 12.4. The molecule has 206 valence electrons. The number of hydrogen-bond acceptors (Lipinski definition) is 5. The molecule has 0 aliphatic heterocycles. The van der Waals surface area contributed by atoms with E-state index in [1.807, 2.05) is 6.92 Å². The number of aliphatic hydroxyl groups is 3. The Bertz CT molecular complexity index is 807. The molecule has 4 aliphatic carbocycles. The van der Waals surface area contributed by atoms with E-state index in [2.05, 4.69) is 31.6 Å². The second-order valence-electron chi connectivity index (χ2n) is 13.2. The second-order valence-corrected chi connectivity index (χ2v) is 13.2. The molecule has 0 bridgehead atoms. The fourth-order valence-electron chi connectivity index (χ4n) is 9.29. The van der Waals surface area contributed by atoms with Crippen molar-refractivity contribution in [2.24, 2.45) is 46.3 Å². The van der Waals surface area contributed by atoms with Gasteiger partial charge in [0.15, 0.2) is 0 Å². The van der Waals surface area contributed by atoms with Gasteiger partial charge in [0, 0.05) is 12.8 Å².